The molecule has 8 nitrogen and oxygen atoms in total. The molecule has 8 heteroatoms. The van der Waals surface area contributed by atoms with E-state index >= 15 is 0 Å². The van der Waals surface area contributed by atoms with Gasteiger partial charge in [0.25, 0.3) is 5.09 Å². The van der Waals surface area contributed by atoms with E-state index in [4.69, 9.17) is 15.1 Å². The maximum atomic E-state index is 10.0. The highest BCUT2D eigenvalue weighted by Gasteiger charge is 2.39. The van der Waals surface area contributed by atoms with Gasteiger partial charge in [-0.1, -0.05) is 0 Å². The van der Waals surface area contributed by atoms with Gasteiger partial charge in [0.1, 0.15) is 12.7 Å². The van der Waals surface area contributed by atoms with Crippen molar-refractivity contribution >= 4 is 0 Å². The summed E-state index contributed by atoms with van der Waals surface area (Å²) in [6.07, 6.45) is -3.29. The molecular weight excluding hydrogens is 196 g/mol. The Hall–Kier alpha value is -1.43. The van der Waals surface area contributed by atoms with Crippen LogP contribution in [0.4, 0.5) is 0 Å². The fourth-order valence-electron chi connectivity index (χ4n) is 1.09. The Morgan fingerprint density at radius 1 is 1.79 bits per heavy atom. The zero-order chi connectivity index (χ0) is 10.6. The Labute approximate surface area is 78.7 Å². The van der Waals surface area contributed by atoms with Crippen molar-refractivity contribution in [3.8, 4) is 6.07 Å². The van der Waals surface area contributed by atoms with Crippen molar-refractivity contribution in [1.29, 1.82) is 5.26 Å². The second-order valence-electron chi connectivity index (χ2n) is 2.53. The summed E-state index contributed by atoms with van der Waals surface area (Å²) >= 11 is 0. The highest BCUT2D eigenvalue weighted by molar-refractivity contribution is 4.81. The van der Waals surface area contributed by atoms with E-state index in [0.29, 0.717) is 0 Å². The van der Waals surface area contributed by atoms with Crippen LogP contribution in [0.1, 0.15) is 0 Å². The maximum Gasteiger partial charge on any atom is 0.294 e. The quantitative estimate of drug-likeness (QED) is 0.452. The minimum absolute atomic E-state index is 0.141. The zero-order valence-corrected chi connectivity index (χ0v) is 7.03. The lowest BCUT2D eigenvalue weighted by atomic mass is 10.2. The van der Waals surface area contributed by atoms with E-state index in [0.717, 1.165) is 0 Å². The van der Waals surface area contributed by atoms with Gasteiger partial charge in [0, 0.05) is 0 Å². The normalized spacial score (nSPS) is 31.0. The lowest BCUT2D eigenvalue weighted by Gasteiger charge is -2.16. The van der Waals surface area contributed by atoms with Crippen LogP contribution in [0.2, 0.25) is 0 Å². The van der Waals surface area contributed by atoms with Gasteiger partial charge in [0.15, 0.2) is 12.4 Å². The van der Waals surface area contributed by atoms with Gasteiger partial charge in [-0.05, 0) is 0 Å². The largest absolute Gasteiger partial charge is 0.366 e. The minimum atomic E-state index is -1.30. The predicted molar refractivity (Wildman–Crippen MR) is 39.2 cm³/mol. The molecule has 1 saturated heterocycles. The molecule has 1 fully saturated rings. The second kappa shape index (κ2) is 4.71. The molecule has 0 aromatic heterocycles. The van der Waals surface area contributed by atoms with Gasteiger partial charge in [0.2, 0.25) is 0 Å². The van der Waals surface area contributed by atoms with E-state index < -0.39 is 23.6 Å². The summed E-state index contributed by atoms with van der Waals surface area (Å²) in [7, 11) is 0. The van der Waals surface area contributed by atoms with Crippen LogP contribution in [0.25, 0.3) is 0 Å². The van der Waals surface area contributed by atoms with Crippen LogP contribution < -0.4 is 0 Å². The van der Waals surface area contributed by atoms with Gasteiger partial charge >= 0.3 is 0 Å². The standard InChI is InChI=1S/C6H8N2O6/c7-1-2-12-5-4(14-8(10)11)3-13-6(5)9/h4-6,9H,2-3H2/t4-,5-,6?/m1/s1. The van der Waals surface area contributed by atoms with Crippen LogP contribution in [0.15, 0.2) is 0 Å². The molecule has 0 amide bonds. The fourth-order valence-corrected chi connectivity index (χ4v) is 1.09. The van der Waals surface area contributed by atoms with Crippen molar-refractivity contribution in [2.45, 2.75) is 18.5 Å². The molecule has 0 aromatic rings. The molecule has 1 N–H and O–H groups in total. The molecule has 1 rings (SSSR count). The maximum absolute atomic E-state index is 10.0. The summed E-state index contributed by atoms with van der Waals surface area (Å²) < 4.78 is 9.48. The van der Waals surface area contributed by atoms with Crippen LogP contribution in [-0.2, 0) is 14.3 Å². The number of nitriles is 1. The Morgan fingerprint density at radius 3 is 3.07 bits per heavy atom. The van der Waals surface area contributed by atoms with Crippen molar-refractivity contribution in [2.75, 3.05) is 13.2 Å². The third-order valence-corrected chi connectivity index (χ3v) is 1.64. The van der Waals surface area contributed by atoms with Crippen LogP contribution in [0.5, 0.6) is 0 Å². The molecule has 3 atom stereocenters. The highest BCUT2D eigenvalue weighted by atomic mass is 17.0. The molecule has 1 aliphatic heterocycles. The van der Waals surface area contributed by atoms with Crippen LogP contribution in [0.3, 0.4) is 0 Å². The molecule has 14 heavy (non-hydrogen) atoms. The second-order valence-corrected chi connectivity index (χ2v) is 2.53. The monoisotopic (exact) mass is 204 g/mol. The average Bonchev–Trinajstić information content (AvgIpc) is 2.44. The summed E-state index contributed by atoms with van der Waals surface area (Å²) in [5.74, 6) is 0. The molecule has 0 aliphatic carbocycles. The third-order valence-electron chi connectivity index (χ3n) is 1.64. The first-order chi connectivity index (χ1) is 6.65. The van der Waals surface area contributed by atoms with Crippen molar-refractivity contribution in [1.82, 2.24) is 0 Å². The molecule has 0 bridgehead atoms. The van der Waals surface area contributed by atoms with Crippen molar-refractivity contribution in [2.24, 2.45) is 0 Å². The first-order valence-corrected chi connectivity index (χ1v) is 3.74. The summed E-state index contributed by atoms with van der Waals surface area (Å²) in [5.41, 5.74) is 0. The van der Waals surface area contributed by atoms with Crippen LogP contribution >= 0.6 is 0 Å². The molecule has 1 unspecified atom stereocenters. The first kappa shape index (κ1) is 10.6. The lowest BCUT2D eigenvalue weighted by Crippen LogP contribution is -2.36. The Morgan fingerprint density at radius 2 is 2.50 bits per heavy atom. The highest BCUT2D eigenvalue weighted by Crippen LogP contribution is 2.18. The predicted octanol–water partition coefficient (Wildman–Crippen LogP) is -1.18. The van der Waals surface area contributed by atoms with E-state index in [-0.39, 0.29) is 13.2 Å². The topological polar surface area (TPSA) is 115 Å². The van der Waals surface area contributed by atoms with E-state index in [1.165, 1.54) is 0 Å². The summed E-state index contributed by atoms with van der Waals surface area (Å²) in [4.78, 5) is 14.2. The number of rotatable bonds is 4. The molecule has 0 aromatic carbocycles. The minimum Gasteiger partial charge on any atom is -0.366 e. The number of aliphatic hydroxyl groups excluding tert-OH is 1. The number of hydrogen-bond acceptors (Lipinski definition) is 7. The number of hydrogen-bond donors (Lipinski definition) is 1. The van der Waals surface area contributed by atoms with Crippen molar-refractivity contribution in [3.63, 3.8) is 0 Å². The average molecular weight is 204 g/mol. The molecular formula is C6H8N2O6. The van der Waals surface area contributed by atoms with Gasteiger partial charge in [-0.2, -0.15) is 5.26 Å². The summed E-state index contributed by atoms with van der Waals surface area (Å²) in [6, 6.07) is 1.67. The van der Waals surface area contributed by atoms with Gasteiger partial charge in [-0.15, -0.1) is 10.1 Å². The molecule has 1 heterocycles. The van der Waals surface area contributed by atoms with Crippen LogP contribution in [0, 0.1) is 21.4 Å². The van der Waals surface area contributed by atoms with E-state index in [1.54, 1.807) is 6.07 Å². The van der Waals surface area contributed by atoms with Gasteiger partial charge in [-0.3, -0.25) is 0 Å². The van der Waals surface area contributed by atoms with Crippen molar-refractivity contribution in [3.05, 3.63) is 10.1 Å². The molecule has 0 radical (unpaired) electrons. The summed E-state index contributed by atoms with van der Waals surface area (Å²) in [6.45, 7) is -0.430. The molecule has 0 saturated carbocycles. The first-order valence-electron chi connectivity index (χ1n) is 3.74. The number of aliphatic hydroxyl groups is 1. The molecule has 78 valence electrons. The Kier molecular flexibility index (Phi) is 3.58. The fraction of sp³-hybridized carbons (Fsp3) is 0.833. The lowest BCUT2D eigenvalue weighted by molar-refractivity contribution is -0.769. The number of nitrogens with zero attached hydrogens (tertiary/aromatic N) is 2. The zero-order valence-electron chi connectivity index (χ0n) is 7.03. The number of ether oxygens (including phenoxy) is 2. The van der Waals surface area contributed by atoms with Gasteiger partial charge in [-0.25, -0.2) is 0 Å². The van der Waals surface area contributed by atoms with E-state index in [1.807, 2.05) is 0 Å². The SMILES string of the molecule is N#CCO[C@H]1C(O)OC[C@H]1O[N+](=O)[O-]. The van der Waals surface area contributed by atoms with E-state index in [9.17, 15) is 10.1 Å². The van der Waals surface area contributed by atoms with E-state index in [2.05, 4.69) is 9.57 Å². The molecule has 0 spiro atoms. The van der Waals surface area contributed by atoms with Crippen LogP contribution in [-0.4, -0.2) is 41.9 Å². The molecule has 1 aliphatic rings. The van der Waals surface area contributed by atoms with Crippen molar-refractivity contribution < 1.29 is 24.5 Å². The Bertz CT molecular complexity index is 251. The summed E-state index contributed by atoms with van der Waals surface area (Å²) in [5, 5.41) is 26.4. The van der Waals surface area contributed by atoms with Gasteiger partial charge in [0.05, 0.1) is 12.7 Å². The smallest absolute Gasteiger partial charge is 0.294 e. The third kappa shape index (κ3) is 2.53. The Balaban J connectivity index is 2.49. The van der Waals surface area contributed by atoms with Gasteiger partial charge < -0.3 is 19.4 Å².